The second-order valence-electron chi connectivity index (χ2n) is 9.53. The number of halogens is 1. The van der Waals surface area contributed by atoms with Crippen LogP contribution < -0.4 is 23.7 Å². The number of anilines is 1. The molecule has 210 valence electrons. The van der Waals surface area contributed by atoms with Crippen LogP contribution in [0.2, 0.25) is 0 Å². The van der Waals surface area contributed by atoms with E-state index < -0.39 is 10.0 Å². The summed E-state index contributed by atoms with van der Waals surface area (Å²) in [6.07, 6.45) is 2.81. The van der Waals surface area contributed by atoms with Crippen LogP contribution in [0.4, 0.5) is 5.82 Å². The third-order valence-corrected chi connectivity index (χ3v) is 7.39. The van der Waals surface area contributed by atoms with Gasteiger partial charge in [-0.05, 0) is 57.2 Å². The highest BCUT2D eigenvalue weighted by Gasteiger charge is 2.23. The van der Waals surface area contributed by atoms with E-state index in [2.05, 4.69) is 56.4 Å². The Balaban J connectivity index is 1.59. The molecule has 0 amide bonds. The van der Waals surface area contributed by atoms with Crippen LogP contribution in [0.5, 0.6) is 29.0 Å². The van der Waals surface area contributed by atoms with Crippen molar-refractivity contribution in [2.75, 3.05) is 25.0 Å². The van der Waals surface area contributed by atoms with Crippen molar-refractivity contribution in [1.82, 2.24) is 15.0 Å². The molecule has 12 heteroatoms. The predicted molar refractivity (Wildman–Crippen MR) is 154 cm³/mol. The number of rotatable bonds is 11. The van der Waals surface area contributed by atoms with Crippen LogP contribution in [-0.2, 0) is 15.4 Å². The molecule has 2 heterocycles. The van der Waals surface area contributed by atoms with Gasteiger partial charge in [-0.15, -0.1) is 0 Å². The first-order chi connectivity index (χ1) is 19.0. The first-order valence-corrected chi connectivity index (χ1v) is 14.5. The number of methoxy groups -OCH3 is 1. The van der Waals surface area contributed by atoms with Crippen molar-refractivity contribution >= 4 is 31.8 Å². The second-order valence-corrected chi connectivity index (χ2v) is 12.1. The van der Waals surface area contributed by atoms with E-state index in [0.717, 1.165) is 10.0 Å². The minimum atomic E-state index is -4.02. The summed E-state index contributed by atoms with van der Waals surface area (Å²) < 4.78 is 52.7. The average molecular weight is 630 g/mol. The molecule has 0 fully saturated rings. The zero-order chi connectivity index (χ0) is 28.8. The molecular formula is C28H29BrN4O6S. The number of pyridine rings is 1. The van der Waals surface area contributed by atoms with E-state index in [4.69, 9.17) is 18.9 Å². The average Bonchev–Trinajstić information content (AvgIpc) is 2.93. The van der Waals surface area contributed by atoms with Gasteiger partial charge in [0.1, 0.15) is 31.0 Å². The topological polar surface area (TPSA) is 122 Å². The molecule has 4 rings (SSSR count). The maximum Gasteiger partial charge on any atom is 0.263 e. The highest BCUT2D eigenvalue weighted by molar-refractivity contribution is 9.10. The third-order valence-electron chi connectivity index (χ3n) is 5.57. The predicted octanol–water partition coefficient (Wildman–Crippen LogP) is 5.99. The standard InChI is InChI=1S/C28H29BrN4O6S/c1-28(2,3)19-8-11-23(12-9-19)40(34,35)33-26-25(39-22-7-5-6-21(16-22)36-4)27(32-18-31-26)38-15-14-37-24-13-10-20(29)17-30-24/h5-13,16-18H,14-15H2,1-4H3,(H,31,32,33). The molecule has 2 aromatic heterocycles. The van der Waals surface area contributed by atoms with Crippen LogP contribution in [0.15, 0.2) is 82.6 Å². The van der Waals surface area contributed by atoms with Crippen LogP contribution in [0.1, 0.15) is 26.3 Å². The lowest BCUT2D eigenvalue weighted by Crippen LogP contribution is -2.17. The number of hydrogen-bond donors (Lipinski definition) is 1. The smallest absolute Gasteiger partial charge is 0.263 e. The molecule has 2 aromatic carbocycles. The van der Waals surface area contributed by atoms with Gasteiger partial charge in [0.15, 0.2) is 5.82 Å². The van der Waals surface area contributed by atoms with Crippen LogP contribution in [0, 0.1) is 0 Å². The maximum absolute atomic E-state index is 13.3. The molecule has 0 saturated heterocycles. The monoisotopic (exact) mass is 628 g/mol. The molecule has 1 N–H and O–H groups in total. The summed E-state index contributed by atoms with van der Waals surface area (Å²) in [5, 5.41) is 0. The van der Waals surface area contributed by atoms with E-state index in [1.54, 1.807) is 60.8 Å². The largest absolute Gasteiger partial charge is 0.497 e. The maximum atomic E-state index is 13.3. The fraction of sp³-hybridized carbons (Fsp3) is 0.250. The fourth-order valence-electron chi connectivity index (χ4n) is 3.46. The molecule has 0 saturated carbocycles. The third kappa shape index (κ3) is 7.60. The zero-order valence-electron chi connectivity index (χ0n) is 22.4. The quantitative estimate of drug-likeness (QED) is 0.199. The molecule has 0 atom stereocenters. The Bertz CT molecular complexity index is 1540. The first kappa shape index (κ1) is 29.1. The van der Waals surface area contributed by atoms with E-state index in [9.17, 15) is 8.42 Å². The number of aromatic nitrogens is 3. The van der Waals surface area contributed by atoms with Gasteiger partial charge < -0.3 is 18.9 Å². The molecule has 4 aromatic rings. The first-order valence-electron chi connectivity index (χ1n) is 12.2. The zero-order valence-corrected chi connectivity index (χ0v) is 24.8. The van der Waals surface area contributed by atoms with Crippen LogP contribution in [0.3, 0.4) is 0 Å². The van der Waals surface area contributed by atoms with Gasteiger partial charge in [-0.3, -0.25) is 4.72 Å². The van der Waals surface area contributed by atoms with Gasteiger partial charge in [0.25, 0.3) is 15.9 Å². The summed E-state index contributed by atoms with van der Waals surface area (Å²) in [5.74, 6) is 1.24. The number of sulfonamides is 1. The molecule has 40 heavy (non-hydrogen) atoms. The van der Waals surface area contributed by atoms with Crippen LogP contribution in [0.25, 0.3) is 0 Å². The Morgan fingerprint density at radius 3 is 2.30 bits per heavy atom. The number of nitrogens with one attached hydrogen (secondary N) is 1. The van der Waals surface area contributed by atoms with E-state index in [1.165, 1.54) is 13.4 Å². The minimum Gasteiger partial charge on any atom is -0.497 e. The van der Waals surface area contributed by atoms with Gasteiger partial charge in [-0.1, -0.05) is 39.0 Å². The van der Waals surface area contributed by atoms with Crippen molar-refractivity contribution in [3.05, 3.63) is 83.2 Å². The summed E-state index contributed by atoms with van der Waals surface area (Å²) in [6, 6.07) is 17.0. The number of nitrogens with zero attached hydrogens (tertiary/aromatic N) is 3. The van der Waals surface area contributed by atoms with Gasteiger partial charge in [-0.25, -0.2) is 18.4 Å². The Morgan fingerprint density at radius 2 is 1.62 bits per heavy atom. The summed E-state index contributed by atoms with van der Waals surface area (Å²) in [7, 11) is -2.49. The molecule has 0 spiro atoms. The second kappa shape index (κ2) is 12.5. The Labute approximate surface area is 241 Å². The number of benzene rings is 2. The highest BCUT2D eigenvalue weighted by atomic mass is 79.9. The Morgan fingerprint density at radius 1 is 0.900 bits per heavy atom. The van der Waals surface area contributed by atoms with Gasteiger partial charge in [0.2, 0.25) is 11.6 Å². The van der Waals surface area contributed by atoms with Crippen molar-refractivity contribution in [3.8, 4) is 29.0 Å². The highest BCUT2D eigenvalue weighted by Crippen LogP contribution is 2.37. The van der Waals surface area contributed by atoms with Crippen LogP contribution >= 0.6 is 15.9 Å². The van der Waals surface area contributed by atoms with Crippen LogP contribution in [-0.4, -0.2) is 43.7 Å². The van der Waals surface area contributed by atoms with E-state index in [-0.39, 0.29) is 41.0 Å². The number of hydrogen-bond acceptors (Lipinski definition) is 9. The van der Waals surface area contributed by atoms with E-state index >= 15 is 0 Å². The lowest BCUT2D eigenvalue weighted by Gasteiger charge is -2.19. The summed E-state index contributed by atoms with van der Waals surface area (Å²) in [4.78, 5) is 12.5. The van der Waals surface area contributed by atoms with Gasteiger partial charge in [0, 0.05) is 22.8 Å². The summed E-state index contributed by atoms with van der Waals surface area (Å²) in [6.45, 7) is 6.39. The molecule has 0 aliphatic heterocycles. The van der Waals surface area contributed by atoms with Crippen molar-refractivity contribution in [2.45, 2.75) is 31.1 Å². The lowest BCUT2D eigenvalue weighted by molar-refractivity contribution is 0.202. The Hall–Kier alpha value is -3.90. The van der Waals surface area contributed by atoms with E-state index in [0.29, 0.717) is 17.4 Å². The van der Waals surface area contributed by atoms with Gasteiger partial charge >= 0.3 is 0 Å². The van der Waals surface area contributed by atoms with E-state index in [1.807, 2.05) is 6.07 Å². The molecule has 0 bridgehead atoms. The Kier molecular flexibility index (Phi) is 9.10. The minimum absolute atomic E-state index is 0.0194. The van der Waals surface area contributed by atoms with Crippen molar-refractivity contribution in [2.24, 2.45) is 0 Å². The van der Waals surface area contributed by atoms with Gasteiger partial charge in [-0.2, -0.15) is 4.98 Å². The summed E-state index contributed by atoms with van der Waals surface area (Å²) in [5.41, 5.74) is 0.885. The molecule has 0 radical (unpaired) electrons. The van der Waals surface area contributed by atoms with Crippen molar-refractivity contribution in [1.29, 1.82) is 0 Å². The summed E-state index contributed by atoms with van der Waals surface area (Å²) >= 11 is 3.33. The molecule has 10 nitrogen and oxygen atoms in total. The SMILES string of the molecule is COc1cccc(Oc2c(NS(=O)(=O)c3ccc(C(C)(C)C)cc3)ncnc2OCCOc2ccc(Br)cn2)c1. The van der Waals surface area contributed by atoms with Crippen molar-refractivity contribution in [3.63, 3.8) is 0 Å². The molecule has 0 aliphatic carbocycles. The number of ether oxygens (including phenoxy) is 4. The van der Waals surface area contributed by atoms with Crippen molar-refractivity contribution < 1.29 is 27.4 Å². The normalized spacial score (nSPS) is 11.5. The fourth-order valence-corrected chi connectivity index (χ4v) is 4.71. The molecule has 0 aliphatic rings. The molecular weight excluding hydrogens is 600 g/mol. The molecule has 0 unspecified atom stereocenters. The lowest BCUT2D eigenvalue weighted by atomic mass is 9.87. The van der Waals surface area contributed by atoms with Gasteiger partial charge in [0.05, 0.1) is 12.0 Å².